The predicted octanol–water partition coefficient (Wildman–Crippen LogP) is -0.164. The van der Waals surface area contributed by atoms with Gasteiger partial charge in [0, 0.05) is 6.61 Å². The van der Waals surface area contributed by atoms with E-state index < -0.39 is 8.17 Å². The SMILES string of the molecule is O[P+](O)(O)OCC1CCCO1. The lowest BCUT2D eigenvalue weighted by Gasteiger charge is -2.07. The van der Waals surface area contributed by atoms with E-state index in [4.69, 9.17) is 19.4 Å². The van der Waals surface area contributed by atoms with Crippen molar-refractivity contribution in [2.45, 2.75) is 18.9 Å². The zero-order valence-electron chi connectivity index (χ0n) is 6.01. The van der Waals surface area contributed by atoms with Crippen molar-refractivity contribution in [3.63, 3.8) is 0 Å². The van der Waals surface area contributed by atoms with E-state index in [9.17, 15) is 0 Å². The van der Waals surface area contributed by atoms with Crippen LogP contribution in [0, 0.1) is 0 Å². The molecule has 0 radical (unpaired) electrons. The van der Waals surface area contributed by atoms with Crippen molar-refractivity contribution < 1.29 is 23.9 Å². The first-order valence-electron chi connectivity index (χ1n) is 3.41. The molecule has 0 amide bonds. The van der Waals surface area contributed by atoms with Gasteiger partial charge in [-0.15, -0.1) is 0 Å². The highest BCUT2D eigenvalue weighted by Crippen LogP contribution is 2.45. The number of hydrogen-bond donors (Lipinski definition) is 3. The van der Waals surface area contributed by atoms with Crippen LogP contribution in [0.25, 0.3) is 0 Å². The highest BCUT2D eigenvalue weighted by atomic mass is 31.2. The number of hydrogen-bond acceptors (Lipinski definition) is 5. The van der Waals surface area contributed by atoms with E-state index in [1.807, 2.05) is 0 Å². The molecule has 1 fully saturated rings. The molecule has 0 saturated carbocycles. The van der Waals surface area contributed by atoms with Crippen LogP contribution in [0.15, 0.2) is 0 Å². The summed E-state index contributed by atoms with van der Waals surface area (Å²) in [6.07, 6.45) is 1.71. The quantitative estimate of drug-likeness (QED) is 0.529. The van der Waals surface area contributed by atoms with Crippen LogP contribution in [0.1, 0.15) is 12.8 Å². The molecule has 0 aromatic heterocycles. The van der Waals surface area contributed by atoms with Gasteiger partial charge < -0.3 is 4.74 Å². The van der Waals surface area contributed by atoms with E-state index >= 15 is 0 Å². The summed E-state index contributed by atoms with van der Waals surface area (Å²) in [7, 11) is -4.05. The Hall–Kier alpha value is 0.230. The fourth-order valence-corrected chi connectivity index (χ4v) is 1.33. The lowest BCUT2D eigenvalue weighted by Crippen LogP contribution is -2.14. The van der Waals surface area contributed by atoms with Crippen LogP contribution < -0.4 is 0 Å². The van der Waals surface area contributed by atoms with Gasteiger partial charge in [0.25, 0.3) is 0 Å². The maximum atomic E-state index is 8.42. The first-order valence-corrected chi connectivity index (χ1v) is 4.98. The molecule has 1 rings (SSSR count). The van der Waals surface area contributed by atoms with Crippen LogP contribution in [0.3, 0.4) is 0 Å². The van der Waals surface area contributed by atoms with Crippen molar-refractivity contribution in [3.05, 3.63) is 0 Å². The van der Waals surface area contributed by atoms with Crippen molar-refractivity contribution >= 4 is 8.17 Å². The predicted molar refractivity (Wildman–Crippen MR) is 38.5 cm³/mol. The molecule has 1 heterocycles. The number of ether oxygens (including phenoxy) is 1. The van der Waals surface area contributed by atoms with Gasteiger partial charge >= 0.3 is 8.17 Å². The largest absolute Gasteiger partial charge is 0.567 e. The molecule has 1 unspecified atom stereocenters. The summed E-state index contributed by atoms with van der Waals surface area (Å²) in [5.74, 6) is 0. The topological polar surface area (TPSA) is 79.2 Å². The Labute approximate surface area is 65.2 Å². The second-order valence-corrected chi connectivity index (χ2v) is 3.73. The molecule has 1 atom stereocenters. The van der Waals surface area contributed by atoms with Crippen molar-refractivity contribution in [2.75, 3.05) is 13.2 Å². The van der Waals surface area contributed by atoms with E-state index in [1.54, 1.807) is 0 Å². The van der Waals surface area contributed by atoms with Gasteiger partial charge in [-0.25, -0.2) is 0 Å². The summed E-state index contributed by atoms with van der Waals surface area (Å²) in [6.45, 7) is 0.735. The fourth-order valence-electron chi connectivity index (χ4n) is 0.959. The van der Waals surface area contributed by atoms with Gasteiger partial charge in [0.1, 0.15) is 6.61 Å². The molecule has 1 saturated heterocycles. The molecule has 0 aromatic carbocycles. The minimum atomic E-state index is -4.05. The third kappa shape index (κ3) is 3.96. The Balaban J connectivity index is 2.11. The van der Waals surface area contributed by atoms with Crippen molar-refractivity contribution in [3.8, 4) is 0 Å². The summed E-state index contributed by atoms with van der Waals surface area (Å²) < 4.78 is 9.47. The van der Waals surface area contributed by atoms with Crippen LogP contribution in [0.2, 0.25) is 0 Å². The minimum absolute atomic E-state index is 0.0529. The highest BCUT2D eigenvalue weighted by molar-refractivity contribution is 7.53. The molecule has 0 spiro atoms. The fraction of sp³-hybridized carbons (Fsp3) is 1.00. The summed E-state index contributed by atoms with van der Waals surface area (Å²) >= 11 is 0. The third-order valence-electron chi connectivity index (χ3n) is 1.46. The summed E-state index contributed by atoms with van der Waals surface area (Å²) in [5.41, 5.74) is 0. The Kier molecular flexibility index (Phi) is 3.18. The zero-order valence-corrected chi connectivity index (χ0v) is 6.91. The van der Waals surface area contributed by atoms with Crippen LogP contribution in [0.4, 0.5) is 0 Å². The van der Waals surface area contributed by atoms with Gasteiger partial charge in [-0.3, -0.25) is 0 Å². The van der Waals surface area contributed by atoms with Gasteiger partial charge in [-0.05, 0) is 12.8 Å². The smallest absolute Gasteiger partial charge is 0.376 e. The normalized spacial score (nSPS) is 25.9. The Morgan fingerprint density at radius 1 is 1.45 bits per heavy atom. The molecule has 11 heavy (non-hydrogen) atoms. The molecule has 66 valence electrons. The van der Waals surface area contributed by atoms with E-state index in [1.165, 1.54) is 0 Å². The second kappa shape index (κ2) is 3.76. The standard InChI is InChI=1S/C5H12O5P/c6-11(7,8)10-4-5-2-1-3-9-5/h5-8H,1-4H2/q+1. The minimum Gasteiger partial charge on any atom is -0.376 e. The van der Waals surface area contributed by atoms with Gasteiger partial charge in [0.2, 0.25) is 0 Å². The van der Waals surface area contributed by atoms with Crippen LogP contribution in [-0.4, -0.2) is 34.0 Å². The van der Waals surface area contributed by atoms with Crippen molar-refractivity contribution in [1.82, 2.24) is 0 Å². The molecule has 6 heteroatoms. The monoisotopic (exact) mass is 183 g/mol. The molecule has 1 aliphatic rings. The molecular formula is C5H12O5P+. The van der Waals surface area contributed by atoms with E-state index in [2.05, 4.69) is 4.52 Å². The molecule has 5 nitrogen and oxygen atoms in total. The zero-order chi connectivity index (χ0) is 8.32. The Morgan fingerprint density at radius 3 is 2.64 bits per heavy atom. The van der Waals surface area contributed by atoms with E-state index in [0.29, 0.717) is 6.61 Å². The van der Waals surface area contributed by atoms with Gasteiger partial charge in [0.15, 0.2) is 0 Å². The Bertz CT molecular complexity index is 117. The average molecular weight is 183 g/mol. The Morgan fingerprint density at radius 2 is 2.18 bits per heavy atom. The average Bonchev–Trinajstić information content (AvgIpc) is 2.32. The molecule has 3 N–H and O–H groups in total. The maximum Gasteiger partial charge on any atom is 0.567 e. The van der Waals surface area contributed by atoms with Crippen LogP contribution >= 0.6 is 8.17 Å². The van der Waals surface area contributed by atoms with E-state index in [0.717, 1.165) is 12.8 Å². The van der Waals surface area contributed by atoms with Gasteiger partial charge in [0.05, 0.1) is 6.10 Å². The molecular weight excluding hydrogens is 171 g/mol. The van der Waals surface area contributed by atoms with E-state index in [-0.39, 0.29) is 12.7 Å². The van der Waals surface area contributed by atoms with Gasteiger partial charge in [-0.2, -0.15) is 19.2 Å². The molecule has 0 bridgehead atoms. The number of rotatable bonds is 3. The molecule has 1 aliphatic heterocycles. The van der Waals surface area contributed by atoms with Crippen molar-refractivity contribution in [2.24, 2.45) is 0 Å². The highest BCUT2D eigenvalue weighted by Gasteiger charge is 2.34. The summed E-state index contributed by atoms with van der Waals surface area (Å²) in [4.78, 5) is 25.3. The first-order chi connectivity index (χ1) is 5.08. The van der Waals surface area contributed by atoms with Crippen molar-refractivity contribution in [1.29, 1.82) is 0 Å². The van der Waals surface area contributed by atoms with Crippen LogP contribution in [0.5, 0.6) is 0 Å². The lowest BCUT2D eigenvalue weighted by molar-refractivity contribution is 0.0464. The molecule has 0 aromatic rings. The van der Waals surface area contributed by atoms with Gasteiger partial charge in [-0.1, -0.05) is 0 Å². The van der Waals surface area contributed by atoms with Crippen LogP contribution in [-0.2, 0) is 9.26 Å². The third-order valence-corrected chi connectivity index (χ3v) is 1.95. The summed E-state index contributed by atoms with van der Waals surface area (Å²) in [6, 6.07) is 0. The lowest BCUT2D eigenvalue weighted by atomic mass is 10.2. The maximum absolute atomic E-state index is 8.42. The summed E-state index contributed by atoms with van der Waals surface area (Å²) in [5, 5.41) is 0. The second-order valence-electron chi connectivity index (χ2n) is 2.44. The molecule has 0 aliphatic carbocycles. The first kappa shape index (κ1) is 9.32.